The second-order valence-corrected chi connectivity index (χ2v) is 5.74. The first-order valence-electron chi connectivity index (χ1n) is 6.08. The molecule has 1 fully saturated rings. The third-order valence-corrected chi connectivity index (χ3v) is 4.66. The number of hydrogen-bond donors (Lipinski definition) is 1. The Morgan fingerprint density at radius 1 is 1.29 bits per heavy atom. The van der Waals surface area contributed by atoms with E-state index in [4.69, 9.17) is 0 Å². The van der Waals surface area contributed by atoms with Gasteiger partial charge in [-0.25, -0.2) is 0 Å². The highest BCUT2D eigenvalue weighted by Gasteiger charge is 2.31. The first-order valence-corrected chi connectivity index (χ1v) is 6.96. The smallest absolute Gasteiger partial charge is 0.236 e. The molecule has 3 nitrogen and oxygen atoms in total. The van der Waals surface area contributed by atoms with Crippen molar-refractivity contribution in [2.75, 3.05) is 26.2 Å². The molecule has 4 heteroatoms. The Kier molecular flexibility index (Phi) is 3.07. The summed E-state index contributed by atoms with van der Waals surface area (Å²) in [6.07, 6.45) is 0.892. The van der Waals surface area contributed by atoms with Crippen molar-refractivity contribution in [3.05, 3.63) is 29.8 Å². The van der Waals surface area contributed by atoms with Gasteiger partial charge >= 0.3 is 0 Å². The van der Waals surface area contributed by atoms with E-state index in [-0.39, 0.29) is 5.25 Å². The molecule has 1 amide bonds. The van der Waals surface area contributed by atoms with E-state index >= 15 is 0 Å². The van der Waals surface area contributed by atoms with Crippen molar-refractivity contribution in [2.45, 2.75) is 16.6 Å². The summed E-state index contributed by atoms with van der Waals surface area (Å²) in [4.78, 5) is 15.6. The summed E-state index contributed by atoms with van der Waals surface area (Å²) in [5.74, 6) is 0.313. The lowest BCUT2D eigenvalue weighted by Gasteiger charge is -2.29. The summed E-state index contributed by atoms with van der Waals surface area (Å²) in [5.41, 5.74) is 1.32. The maximum Gasteiger partial charge on any atom is 0.236 e. The maximum atomic E-state index is 12.3. The number of thioether (sulfide) groups is 1. The van der Waals surface area contributed by atoms with E-state index < -0.39 is 0 Å². The van der Waals surface area contributed by atoms with Gasteiger partial charge in [-0.2, -0.15) is 0 Å². The minimum absolute atomic E-state index is 0.102. The molecule has 1 N–H and O–H groups in total. The number of hydrogen-bond acceptors (Lipinski definition) is 3. The number of nitrogens with one attached hydrogen (secondary N) is 1. The number of amides is 1. The number of rotatable bonds is 1. The summed E-state index contributed by atoms with van der Waals surface area (Å²) in [6, 6.07) is 8.35. The summed E-state index contributed by atoms with van der Waals surface area (Å²) < 4.78 is 0. The van der Waals surface area contributed by atoms with Crippen LogP contribution in [0.15, 0.2) is 29.2 Å². The van der Waals surface area contributed by atoms with E-state index in [0.717, 1.165) is 32.6 Å². The molecule has 1 aromatic rings. The SMILES string of the molecule is O=C(C1Cc2ccccc2S1)N1CCNCC1. The fourth-order valence-electron chi connectivity index (χ4n) is 2.41. The third kappa shape index (κ3) is 2.19. The average Bonchev–Trinajstić information content (AvgIpc) is 2.82. The fourth-order valence-corrected chi connectivity index (χ4v) is 3.69. The molecule has 17 heavy (non-hydrogen) atoms. The lowest BCUT2D eigenvalue weighted by atomic mass is 10.1. The Labute approximate surface area is 106 Å². The van der Waals surface area contributed by atoms with Crippen molar-refractivity contribution in [1.29, 1.82) is 0 Å². The number of fused-ring (bicyclic) bond motifs is 1. The molecule has 0 aliphatic carbocycles. The van der Waals surface area contributed by atoms with Gasteiger partial charge in [-0.15, -0.1) is 11.8 Å². The van der Waals surface area contributed by atoms with E-state index in [9.17, 15) is 4.79 Å². The van der Waals surface area contributed by atoms with Gasteiger partial charge in [0.25, 0.3) is 0 Å². The molecule has 0 spiro atoms. The van der Waals surface area contributed by atoms with E-state index in [1.807, 2.05) is 11.0 Å². The lowest BCUT2D eigenvalue weighted by Crippen LogP contribution is -2.49. The molecule has 0 radical (unpaired) electrons. The van der Waals surface area contributed by atoms with Crippen LogP contribution in [0.25, 0.3) is 0 Å². The Morgan fingerprint density at radius 2 is 2.06 bits per heavy atom. The highest BCUT2D eigenvalue weighted by atomic mass is 32.2. The molecule has 2 aliphatic heterocycles. The summed E-state index contributed by atoms with van der Waals surface area (Å²) in [6.45, 7) is 3.56. The van der Waals surface area contributed by atoms with Crippen LogP contribution in [-0.4, -0.2) is 42.2 Å². The van der Waals surface area contributed by atoms with Crippen LogP contribution in [0.4, 0.5) is 0 Å². The second kappa shape index (κ2) is 4.70. The number of carbonyl (C=O) groups is 1. The first-order chi connectivity index (χ1) is 8.34. The van der Waals surface area contributed by atoms with Crippen molar-refractivity contribution >= 4 is 17.7 Å². The van der Waals surface area contributed by atoms with Crippen LogP contribution in [0.3, 0.4) is 0 Å². The highest BCUT2D eigenvalue weighted by molar-refractivity contribution is 8.01. The topological polar surface area (TPSA) is 32.3 Å². The molecule has 3 rings (SSSR count). The molecular weight excluding hydrogens is 232 g/mol. The Balaban J connectivity index is 1.69. The zero-order valence-corrected chi connectivity index (χ0v) is 10.5. The number of piperazine rings is 1. The summed E-state index contributed by atoms with van der Waals surface area (Å²) in [5, 5.41) is 3.38. The van der Waals surface area contributed by atoms with E-state index in [1.165, 1.54) is 10.5 Å². The average molecular weight is 248 g/mol. The van der Waals surface area contributed by atoms with Crippen molar-refractivity contribution in [3.63, 3.8) is 0 Å². The monoisotopic (exact) mass is 248 g/mol. The minimum Gasteiger partial charge on any atom is -0.339 e. The zero-order chi connectivity index (χ0) is 11.7. The van der Waals surface area contributed by atoms with Crippen LogP contribution in [-0.2, 0) is 11.2 Å². The Hall–Kier alpha value is -1.00. The van der Waals surface area contributed by atoms with Crippen LogP contribution < -0.4 is 5.32 Å². The van der Waals surface area contributed by atoms with Crippen LogP contribution in [0.1, 0.15) is 5.56 Å². The fraction of sp³-hybridized carbons (Fsp3) is 0.462. The Morgan fingerprint density at radius 3 is 2.82 bits per heavy atom. The molecule has 0 saturated carbocycles. The molecular formula is C13H16N2OS. The quantitative estimate of drug-likeness (QED) is 0.809. The van der Waals surface area contributed by atoms with Crippen molar-refractivity contribution in [1.82, 2.24) is 10.2 Å². The number of benzene rings is 1. The maximum absolute atomic E-state index is 12.3. The second-order valence-electron chi connectivity index (χ2n) is 4.49. The molecule has 0 aromatic heterocycles. The van der Waals surface area contributed by atoms with Gasteiger partial charge < -0.3 is 10.2 Å². The molecule has 2 heterocycles. The molecule has 0 bridgehead atoms. The van der Waals surface area contributed by atoms with Gasteiger partial charge in [-0.1, -0.05) is 18.2 Å². The summed E-state index contributed by atoms with van der Waals surface area (Å²) in [7, 11) is 0. The van der Waals surface area contributed by atoms with Gasteiger partial charge in [0.15, 0.2) is 0 Å². The van der Waals surface area contributed by atoms with Gasteiger partial charge in [0.05, 0.1) is 5.25 Å². The molecule has 90 valence electrons. The van der Waals surface area contributed by atoms with Gasteiger partial charge in [0.1, 0.15) is 0 Å². The van der Waals surface area contributed by atoms with E-state index in [1.54, 1.807) is 11.8 Å². The largest absolute Gasteiger partial charge is 0.339 e. The Bertz CT molecular complexity index is 404. The van der Waals surface area contributed by atoms with Crippen molar-refractivity contribution in [3.8, 4) is 0 Å². The third-order valence-electron chi connectivity index (χ3n) is 3.35. The molecule has 1 atom stereocenters. The first kappa shape index (κ1) is 11.1. The number of nitrogens with zero attached hydrogens (tertiary/aromatic N) is 1. The minimum atomic E-state index is 0.102. The molecule has 1 aromatic carbocycles. The van der Waals surface area contributed by atoms with Gasteiger partial charge in [-0.05, 0) is 18.1 Å². The van der Waals surface area contributed by atoms with Crippen LogP contribution >= 0.6 is 11.8 Å². The molecule has 2 aliphatic rings. The van der Waals surface area contributed by atoms with Crippen LogP contribution in [0.2, 0.25) is 0 Å². The van der Waals surface area contributed by atoms with Crippen molar-refractivity contribution in [2.24, 2.45) is 0 Å². The normalized spacial score (nSPS) is 23.5. The van der Waals surface area contributed by atoms with Crippen LogP contribution in [0.5, 0.6) is 0 Å². The predicted molar refractivity (Wildman–Crippen MR) is 69.2 cm³/mol. The predicted octanol–water partition coefficient (Wildman–Crippen LogP) is 1.14. The van der Waals surface area contributed by atoms with E-state index in [2.05, 4.69) is 23.5 Å². The standard InChI is InChI=1S/C13H16N2OS/c16-13(15-7-5-14-6-8-15)12-9-10-3-1-2-4-11(10)17-12/h1-4,12,14H,5-9H2. The van der Waals surface area contributed by atoms with Crippen molar-refractivity contribution < 1.29 is 4.79 Å². The zero-order valence-electron chi connectivity index (χ0n) is 9.69. The molecule has 1 saturated heterocycles. The van der Waals surface area contributed by atoms with Gasteiger partial charge in [0, 0.05) is 31.1 Å². The van der Waals surface area contributed by atoms with E-state index in [0.29, 0.717) is 5.91 Å². The lowest BCUT2D eigenvalue weighted by molar-refractivity contribution is -0.131. The summed E-state index contributed by atoms with van der Waals surface area (Å²) >= 11 is 1.73. The molecule has 1 unspecified atom stereocenters. The highest BCUT2D eigenvalue weighted by Crippen LogP contribution is 2.37. The number of carbonyl (C=O) groups excluding carboxylic acids is 1. The van der Waals surface area contributed by atoms with Gasteiger partial charge in [0.2, 0.25) is 5.91 Å². The van der Waals surface area contributed by atoms with Crippen LogP contribution in [0, 0.1) is 0 Å². The van der Waals surface area contributed by atoms with Gasteiger partial charge in [-0.3, -0.25) is 4.79 Å².